The topological polar surface area (TPSA) is 72.5 Å². The molecule has 0 heterocycles. The molecule has 0 aromatic rings. The van der Waals surface area contributed by atoms with Gasteiger partial charge in [-0.05, 0) is 13.3 Å². The number of nitrogens with one attached hydrogen (secondary N) is 1. The van der Waals surface area contributed by atoms with Crippen LogP contribution in [0.3, 0.4) is 0 Å². The van der Waals surface area contributed by atoms with Crippen molar-refractivity contribution in [1.29, 1.82) is 0 Å². The number of hydrogen-bond donors (Lipinski definition) is 1. The minimum absolute atomic E-state index is 0. The Morgan fingerprint density at radius 3 is 2.31 bits per heavy atom. The van der Waals surface area contributed by atoms with Gasteiger partial charge >= 0.3 is 5.97 Å². The van der Waals surface area contributed by atoms with Gasteiger partial charge in [-0.1, -0.05) is 6.92 Å². The average molecular weight is 303 g/mol. The van der Waals surface area contributed by atoms with Gasteiger partial charge in [0.05, 0.1) is 11.9 Å². The van der Waals surface area contributed by atoms with Crippen LogP contribution in [0.2, 0.25) is 0 Å². The van der Waals surface area contributed by atoms with E-state index in [1.165, 1.54) is 6.92 Å². The summed E-state index contributed by atoms with van der Waals surface area (Å²) in [6, 6.07) is -0.245. The van der Waals surface area contributed by atoms with Crippen molar-refractivity contribution < 1.29 is 51.8 Å². The molecule has 0 fully saturated rings. The van der Waals surface area contributed by atoms with Crippen LogP contribution in [0.25, 0.3) is 0 Å². The maximum Gasteiger partial charge on any atom is 0.313 e. The van der Waals surface area contributed by atoms with Crippen LogP contribution < -0.4 is 5.32 Å². The summed E-state index contributed by atoms with van der Waals surface area (Å²) in [5, 5.41) is 2.53. The van der Waals surface area contributed by atoms with Crippen LogP contribution in [0.4, 0.5) is 0 Å². The molecule has 0 saturated heterocycles. The number of ether oxygens (including phenoxy) is 1. The number of ketones is 1. The number of Topliss-reactive ketones (excluding diaryl/α,β-unsaturated/α-hetero) is 1. The first-order valence-electron chi connectivity index (χ1n) is 4.73. The maximum atomic E-state index is 11.0. The minimum atomic E-state index is -0.570. The van der Waals surface area contributed by atoms with Crippen LogP contribution in [0.15, 0.2) is 0 Å². The normalized spacial score (nSPS) is 10.9. The van der Waals surface area contributed by atoms with Gasteiger partial charge < -0.3 is 21.8 Å². The molecule has 1 atom stereocenters. The third-order valence-corrected chi connectivity index (χ3v) is 1.70. The summed E-state index contributed by atoms with van der Waals surface area (Å²) in [4.78, 5) is 32.2. The van der Waals surface area contributed by atoms with Gasteiger partial charge in [0.1, 0.15) is 18.8 Å². The van der Waals surface area contributed by atoms with Crippen LogP contribution in [-0.4, -0.2) is 30.3 Å². The van der Waals surface area contributed by atoms with Gasteiger partial charge in [-0.15, -0.1) is 0 Å². The van der Waals surface area contributed by atoms with Crippen molar-refractivity contribution in [2.75, 3.05) is 6.61 Å². The molecule has 1 N–H and O–H groups in total. The van der Waals surface area contributed by atoms with E-state index in [0.29, 0.717) is 6.42 Å². The van der Waals surface area contributed by atoms with Crippen LogP contribution in [0, 0.1) is 6.92 Å². The minimum Gasteiger partial charge on any atom is -0.463 e. The number of hydrogen-bond acceptors (Lipinski definition) is 4. The zero-order valence-electron chi connectivity index (χ0n) is 9.62. The van der Waals surface area contributed by atoms with E-state index < -0.39 is 11.9 Å². The first-order chi connectivity index (χ1) is 6.95. The fourth-order valence-electron chi connectivity index (χ4n) is 0.937. The van der Waals surface area contributed by atoms with E-state index in [0.717, 1.165) is 0 Å². The molecule has 0 aromatic heterocycles. The number of rotatable bonds is 6. The number of carbonyl (C=O) groups excluding carboxylic acids is 3. The van der Waals surface area contributed by atoms with Crippen molar-refractivity contribution in [1.82, 2.24) is 5.32 Å². The Bertz CT molecular complexity index is 255. The molecule has 0 bridgehead atoms. The van der Waals surface area contributed by atoms with E-state index in [9.17, 15) is 14.4 Å². The van der Waals surface area contributed by atoms with E-state index in [1.807, 2.05) is 6.92 Å². The smallest absolute Gasteiger partial charge is 0.313 e. The third kappa shape index (κ3) is 10.1. The molecular formula is C10H16NO4Y-. The fourth-order valence-corrected chi connectivity index (χ4v) is 0.937. The summed E-state index contributed by atoms with van der Waals surface area (Å²) in [5.41, 5.74) is 0. The molecule has 5 nitrogen and oxygen atoms in total. The molecule has 1 unspecified atom stereocenters. The van der Waals surface area contributed by atoms with Crippen LogP contribution in [-0.2, 0) is 51.8 Å². The number of amides is 1. The van der Waals surface area contributed by atoms with Crippen molar-refractivity contribution in [3.63, 3.8) is 0 Å². The first-order valence-corrected chi connectivity index (χ1v) is 4.73. The first kappa shape index (κ1) is 18.0. The third-order valence-electron chi connectivity index (χ3n) is 1.70. The molecule has 0 saturated carbocycles. The number of carbonyl (C=O) groups is 3. The van der Waals surface area contributed by atoms with Crippen LogP contribution in [0.1, 0.15) is 26.7 Å². The van der Waals surface area contributed by atoms with Crippen molar-refractivity contribution in [3.05, 3.63) is 6.92 Å². The average Bonchev–Trinajstić information content (AvgIpc) is 2.10. The Balaban J connectivity index is 0. The van der Waals surface area contributed by atoms with Gasteiger partial charge in [0.2, 0.25) is 0 Å². The van der Waals surface area contributed by atoms with E-state index >= 15 is 0 Å². The molecule has 0 aliphatic rings. The molecule has 1 radical (unpaired) electrons. The maximum absolute atomic E-state index is 11.0. The van der Waals surface area contributed by atoms with E-state index in [4.69, 9.17) is 4.74 Å². The Kier molecular flexibility index (Phi) is 11.0. The standard InChI is InChI=1S/C10H16NO4.Y/c1-4-9(11-8(3)13)6-15-10(14)5-7(2)12;/h9H,3-6H2,1-2H3,(H,11,13);/q-1;. The van der Waals surface area contributed by atoms with Gasteiger partial charge in [-0.3, -0.25) is 9.59 Å². The molecule has 0 aliphatic carbocycles. The van der Waals surface area contributed by atoms with Gasteiger partial charge in [-0.25, -0.2) is 0 Å². The van der Waals surface area contributed by atoms with E-state index in [1.54, 1.807) is 0 Å². The summed E-state index contributed by atoms with van der Waals surface area (Å²) in [5.74, 6) is -1.22. The molecule has 6 heteroatoms. The van der Waals surface area contributed by atoms with E-state index in [2.05, 4.69) is 12.2 Å². The van der Waals surface area contributed by atoms with Gasteiger partial charge in [0.15, 0.2) is 0 Å². The van der Waals surface area contributed by atoms with Crippen molar-refractivity contribution >= 4 is 17.7 Å². The molecule has 16 heavy (non-hydrogen) atoms. The van der Waals surface area contributed by atoms with Crippen molar-refractivity contribution in [2.24, 2.45) is 0 Å². The summed E-state index contributed by atoms with van der Waals surface area (Å²) in [6.07, 6.45) is 0.406. The SMILES string of the molecule is [CH2-]C(=O)NC(CC)COC(=O)CC(C)=O.[Y]. The number of esters is 1. The van der Waals surface area contributed by atoms with Gasteiger partial charge in [0.25, 0.3) is 0 Å². The fraction of sp³-hybridized carbons (Fsp3) is 0.600. The Labute approximate surface area is 121 Å². The van der Waals surface area contributed by atoms with Gasteiger partial charge in [-0.2, -0.15) is 0 Å². The predicted molar refractivity (Wildman–Crippen MR) is 53.8 cm³/mol. The quantitative estimate of drug-likeness (QED) is 0.433. The second kappa shape index (κ2) is 9.78. The monoisotopic (exact) mass is 303 g/mol. The predicted octanol–water partition coefficient (Wildman–Crippen LogP) is 0.235. The summed E-state index contributed by atoms with van der Waals surface area (Å²) < 4.78 is 4.80. The van der Waals surface area contributed by atoms with Crippen LogP contribution >= 0.6 is 0 Å². The van der Waals surface area contributed by atoms with Crippen LogP contribution in [0.5, 0.6) is 0 Å². The summed E-state index contributed by atoms with van der Waals surface area (Å²) in [7, 11) is 0. The summed E-state index contributed by atoms with van der Waals surface area (Å²) >= 11 is 0. The molecule has 0 spiro atoms. The largest absolute Gasteiger partial charge is 0.463 e. The van der Waals surface area contributed by atoms with Crippen molar-refractivity contribution in [3.8, 4) is 0 Å². The Morgan fingerprint density at radius 1 is 1.38 bits per heavy atom. The van der Waals surface area contributed by atoms with Crippen molar-refractivity contribution in [2.45, 2.75) is 32.7 Å². The molecule has 1 amide bonds. The molecular weight excluding hydrogens is 287 g/mol. The molecule has 0 aliphatic heterocycles. The summed E-state index contributed by atoms with van der Waals surface area (Å²) in [6.45, 7) is 6.39. The molecule has 0 rings (SSSR count). The van der Waals surface area contributed by atoms with E-state index in [-0.39, 0.29) is 57.6 Å². The zero-order chi connectivity index (χ0) is 11.8. The second-order valence-electron chi connectivity index (χ2n) is 3.23. The van der Waals surface area contributed by atoms with Gasteiger partial charge in [0, 0.05) is 32.7 Å². The molecule has 89 valence electrons. The molecule has 0 aromatic carbocycles. The zero-order valence-corrected chi connectivity index (χ0v) is 12.5. The Hall–Kier alpha value is -0.416. The second-order valence-corrected chi connectivity index (χ2v) is 3.23. The Morgan fingerprint density at radius 2 is 1.94 bits per heavy atom.